The van der Waals surface area contributed by atoms with Gasteiger partial charge in [-0.1, -0.05) is 12.1 Å². The van der Waals surface area contributed by atoms with Crippen LogP contribution in [0.5, 0.6) is 11.5 Å². The molecule has 0 spiro atoms. The van der Waals surface area contributed by atoms with Crippen molar-refractivity contribution in [2.24, 2.45) is 10.7 Å². The zero-order valence-electron chi connectivity index (χ0n) is 13.7. The molecule has 26 heavy (non-hydrogen) atoms. The molecule has 142 valence electrons. The quantitative estimate of drug-likeness (QED) is 0.182. The number of hydrogen-bond donors (Lipinski definition) is 4. The molecule has 3 rings (SSSR count). The van der Waals surface area contributed by atoms with Gasteiger partial charge in [-0.15, -0.1) is 0 Å². The van der Waals surface area contributed by atoms with E-state index in [0.717, 1.165) is 0 Å². The van der Waals surface area contributed by atoms with Gasteiger partial charge in [-0.3, -0.25) is 0 Å². The Labute approximate surface area is 154 Å². The molecule has 0 aliphatic carbocycles. The Morgan fingerprint density at radius 1 is 1.46 bits per heavy atom. The molecule has 0 amide bonds. The van der Waals surface area contributed by atoms with Crippen molar-refractivity contribution in [3.05, 3.63) is 29.2 Å². The number of ether oxygens (including phenoxy) is 4. The lowest BCUT2D eigenvalue weighted by atomic mass is 9.96. The molecule has 2 heterocycles. The lowest BCUT2D eigenvalue weighted by Crippen LogP contribution is -2.61. The predicted octanol–water partition coefficient (Wildman–Crippen LogP) is -0.216. The first-order valence-electron chi connectivity index (χ1n) is 7.66. The van der Waals surface area contributed by atoms with Crippen molar-refractivity contribution in [2.45, 2.75) is 30.6 Å². The van der Waals surface area contributed by atoms with E-state index < -0.39 is 35.7 Å². The minimum atomic E-state index is -0.832. The Balaban J connectivity index is 1.96. The number of thiol groups is 1. The molecule has 4 N–H and O–H groups in total. The highest BCUT2D eigenvalue weighted by atomic mass is 32.1. The summed E-state index contributed by atoms with van der Waals surface area (Å²) in [5.74, 6) is 0.704. The fourth-order valence-electron chi connectivity index (χ4n) is 2.90. The fourth-order valence-corrected chi connectivity index (χ4v) is 3.12. The molecule has 1 fully saturated rings. The molecule has 1 aromatic rings. The van der Waals surface area contributed by atoms with Crippen LogP contribution in [0.15, 0.2) is 29.3 Å². The molecular formula is C14H19N4O7S+. The van der Waals surface area contributed by atoms with Crippen LogP contribution in [-0.4, -0.2) is 60.6 Å². The van der Waals surface area contributed by atoms with E-state index in [9.17, 15) is 4.91 Å². The van der Waals surface area contributed by atoms with Crippen molar-refractivity contribution >= 4 is 18.9 Å². The summed E-state index contributed by atoms with van der Waals surface area (Å²) in [7, 11) is 1.44. The van der Waals surface area contributed by atoms with E-state index in [1.807, 2.05) is 11.5 Å². The Kier molecular flexibility index (Phi) is 5.66. The second-order valence-corrected chi connectivity index (χ2v) is 5.79. The van der Waals surface area contributed by atoms with Gasteiger partial charge in [0.15, 0.2) is 23.9 Å². The summed E-state index contributed by atoms with van der Waals surface area (Å²) in [5, 5.41) is 8.18. The van der Waals surface area contributed by atoms with Crippen LogP contribution in [0.4, 0.5) is 0 Å². The number of aliphatic imine (C=N–C) groups is 1. The first kappa shape index (κ1) is 18.5. The molecular weight excluding hydrogens is 368 g/mol. The number of methoxy groups -OCH3 is 1. The maximum absolute atomic E-state index is 10.7. The van der Waals surface area contributed by atoms with Crippen molar-refractivity contribution in [3.63, 3.8) is 0 Å². The molecule has 5 unspecified atom stereocenters. The van der Waals surface area contributed by atoms with E-state index in [-0.39, 0.29) is 12.6 Å². The van der Waals surface area contributed by atoms with Crippen LogP contribution in [-0.2, 0) is 13.7 Å². The molecule has 2 aliphatic rings. The molecule has 12 heteroatoms. The lowest BCUT2D eigenvalue weighted by Gasteiger charge is -2.41. The second-order valence-electron chi connectivity index (χ2n) is 5.58. The highest BCUT2D eigenvalue weighted by Crippen LogP contribution is 2.37. The fraction of sp³-hybridized carbons (Fsp3) is 0.500. The molecule has 2 aliphatic heterocycles. The first-order valence-corrected chi connectivity index (χ1v) is 8.03. The van der Waals surface area contributed by atoms with Crippen molar-refractivity contribution in [1.29, 1.82) is 0 Å². The Hall–Kier alpha value is -2.28. The Bertz CT molecular complexity index is 691. The third kappa shape index (κ3) is 3.77. The molecule has 0 aromatic heterocycles. The topological polar surface area (TPSA) is 137 Å². The van der Waals surface area contributed by atoms with Crippen LogP contribution < -0.4 is 20.6 Å². The van der Waals surface area contributed by atoms with Gasteiger partial charge in [-0.05, 0) is 30.5 Å². The Morgan fingerprint density at radius 3 is 2.85 bits per heavy atom. The van der Waals surface area contributed by atoms with Gasteiger partial charge in [-0.2, -0.15) is 0 Å². The zero-order valence-corrected chi connectivity index (χ0v) is 14.6. The van der Waals surface area contributed by atoms with Gasteiger partial charge < -0.3 is 28.9 Å². The van der Waals surface area contributed by atoms with E-state index in [2.05, 4.69) is 17.9 Å². The predicted molar refractivity (Wildman–Crippen MR) is 89.8 cm³/mol. The van der Waals surface area contributed by atoms with Crippen molar-refractivity contribution in [1.82, 2.24) is 5.43 Å². The number of nitrogens with two attached hydrogens (primary N) is 1. The Morgan fingerprint density at radius 2 is 2.19 bits per heavy atom. The van der Waals surface area contributed by atoms with Crippen molar-refractivity contribution in [2.75, 3.05) is 13.7 Å². The van der Waals surface area contributed by atoms with Crippen LogP contribution in [0.25, 0.3) is 0 Å². The van der Waals surface area contributed by atoms with Gasteiger partial charge >= 0.3 is 5.03 Å². The summed E-state index contributed by atoms with van der Waals surface area (Å²) in [5.41, 5.74) is 7.56. The van der Waals surface area contributed by atoms with Crippen LogP contribution >= 0.6 is 12.9 Å². The number of benzene rings is 1. The van der Waals surface area contributed by atoms with Crippen molar-refractivity contribution < 1.29 is 33.4 Å². The first-order chi connectivity index (χ1) is 12.5. The van der Waals surface area contributed by atoms with E-state index in [0.29, 0.717) is 11.5 Å². The molecule has 11 nitrogen and oxygen atoms in total. The monoisotopic (exact) mass is 387 g/mol. The molecule has 1 aromatic carbocycles. The average molecular weight is 387 g/mol. The third-order valence-electron chi connectivity index (χ3n) is 3.98. The van der Waals surface area contributed by atoms with E-state index >= 15 is 0 Å². The van der Waals surface area contributed by atoms with E-state index in [1.54, 1.807) is 18.2 Å². The van der Waals surface area contributed by atoms with Gasteiger partial charge in [0, 0.05) is 7.11 Å². The second kappa shape index (κ2) is 7.95. The molecule has 1 saturated heterocycles. The standard InChI is InChI=1S/C14H18N4O7S/c1-21-13-12(25-26)10(16-14(15)17-18(19)20)11-9(24-13)6-22-7-4-2-3-5-8(7)23-11/h2-5,9-13H,6H2,1H3,(H4-,15,16,17,19,20,26)/p+1. The average Bonchev–Trinajstić information content (AvgIpc) is 2.80. The van der Waals surface area contributed by atoms with Crippen molar-refractivity contribution in [3.8, 4) is 11.5 Å². The van der Waals surface area contributed by atoms with Gasteiger partial charge in [-0.25, -0.2) is 10.2 Å². The van der Waals surface area contributed by atoms with Crippen LogP contribution in [0.2, 0.25) is 0 Å². The summed E-state index contributed by atoms with van der Waals surface area (Å²) in [6.45, 7) is 0.174. The highest BCUT2D eigenvalue weighted by Gasteiger charge is 2.50. The third-order valence-corrected chi connectivity index (χ3v) is 4.23. The van der Waals surface area contributed by atoms with E-state index in [4.69, 9.17) is 34.1 Å². The minimum Gasteiger partial charge on any atom is -0.487 e. The maximum atomic E-state index is 10.7. The van der Waals surface area contributed by atoms with Crippen LogP contribution in [0.1, 0.15) is 0 Å². The summed E-state index contributed by atoms with van der Waals surface area (Å²) >= 11 is 3.87. The SMILES string of the molecule is COC1OC2COc3ccccc3OC2C(N=C(N)N[N+](=O)O)C1OS. The normalized spacial score (nSPS) is 30.8. The summed E-state index contributed by atoms with van der Waals surface area (Å²) < 4.78 is 28.1. The zero-order chi connectivity index (χ0) is 18.7. The number of rotatable bonds is 4. The molecule has 0 bridgehead atoms. The smallest absolute Gasteiger partial charge is 0.362 e. The highest BCUT2D eigenvalue weighted by molar-refractivity contribution is 7.75. The number of fused-ring (bicyclic) bond motifs is 2. The summed E-state index contributed by atoms with van der Waals surface area (Å²) in [6, 6.07) is 6.34. The van der Waals surface area contributed by atoms with Crippen LogP contribution in [0, 0.1) is 4.91 Å². The molecule has 0 saturated carbocycles. The van der Waals surface area contributed by atoms with Gasteiger partial charge in [0.1, 0.15) is 29.8 Å². The number of para-hydroxylation sites is 2. The van der Waals surface area contributed by atoms with Gasteiger partial charge in [0.25, 0.3) is 5.96 Å². The summed E-state index contributed by atoms with van der Waals surface area (Å²) in [4.78, 5) is 14.9. The minimum absolute atomic E-state index is 0.174. The van der Waals surface area contributed by atoms with Gasteiger partial charge in [0.2, 0.25) is 0 Å². The van der Waals surface area contributed by atoms with Crippen LogP contribution in [0.3, 0.4) is 0 Å². The van der Waals surface area contributed by atoms with E-state index in [1.165, 1.54) is 7.11 Å². The number of nitrogens with one attached hydrogen (secondary N) is 1. The molecule has 0 radical (unpaired) electrons. The molecule has 5 atom stereocenters. The largest absolute Gasteiger partial charge is 0.487 e. The number of nitrogens with zero attached hydrogens (tertiary/aromatic N) is 2. The summed E-state index contributed by atoms with van der Waals surface area (Å²) in [6.07, 6.45) is -2.89. The number of guanidine groups is 1. The van der Waals surface area contributed by atoms with Gasteiger partial charge in [0.05, 0.1) is 0 Å². The lowest BCUT2D eigenvalue weighted by molar-refractivity contribution is -0.822. The maximum Gasteiger partial charge on any atom is 0.362 e. The number of hydrazine groups is 1. The number of hydrogen-bond acceptors (Lipinski definition) is 8.